The first-order valence-electron chi connectivity index (χ1n) is 12.0. The van der Waals surface area contributed by atoms with Gasteiger partial charge in [0.2, 0.25) is 5.95 Å². The Kier molecular flexibility index (Phi) is 6.86. The molecule has 1 spiro atoms. The molecule has 6 rings (SSSR count). The van der Waals surface area contributed by atoms with E-state index >= 15 is 0 Å². The lowest BCUT2D eigenvalue weighted by Crippen LogP contribution is -2.40. The van der Waals surface area contributed by atoms with Gasteiger partial charge in [0.15, 0.2) is 5.76 Å². The average molecular weight is 518 g/mol. The molecule has 0 bridgehead atoms. The number of carbonyl (C=O) groups is 1. The van der Waals surface area contributed by atoms with Crippen molar-refractivity contribution in [1.82, 2.24) is 20.0 Å². The van der Waals surface area contributed by atoms with E-state index in [0.717, 1.165) is 54.6 Å². The van der Waals surface area contributed by atoms with E-state index in [1.165, 1.54) is 18.5 Å². The first-order chi connectivity index (χ1) is 17.7. The van der Waals surface area contributed by atoms with E-state index in [9.17, 15) is 13.2 Å². The van der Waals surface area contributed by atoms with Crippen LogP contribution in [-0.4, -0.2) is 63.0 Å². The number of hydrogen-bond donors (Lipinski definition) is 2. The third kappa shape index (κ3) is 5.91. The van der Waals surface area contributed by atoms with Gasteiger partial charge in [-0.1, -0.05) is 35.5 Å². The van der Waals surface area contributed by atoms with Gasteiger partial charge in [-0.2, -0.15) is 13.2 Å². The maximum atomic E-state index is 10.6. The van der Waals surface area contributed by atoms with Gasteiger partial charge in [-0.05, 0) is 25.8 Å². The molecule has 3 aliphatic rings. The molecule has 37 heavy (non-hydrogen) atoms. The Labute approximate surface area is 210 Å². The van der Waals surface area contributed by atoms with Crippen molar-refractivity contribution in [3.05, 3.63) is 59.5 Å². The van der Waals surface area contributed by atoms with Crippen LogP contribution in [0.5, 0.6) is 0 Å². The second-order valence-corrected chi connectivity index (χ2v) is 9.57. The summed E-state index contributed by atoms with van der Waals surface area (Å²) in [4.78, 5) is 20.8. The number of alkyl halides is 3. The number of anilines is 1. The van der Waals surface area contributed by atoms with Crippen LogP contribution in [0.15, 0.2) is 47.1 Å². The monoisotopic (exact) mass is 517 g/mol. The van der Waals surface area contributed by atoms with Gasteiger partial charge in [0.1, 0.15) is 0 Å². The number of halogens is 3. The smallest absolute Gasteiger partial charge is 0.475 e. The molecule has 1 saturated heterocycles. The fourth-order valence-electron chi connectivity index (χ4n) is 4.63. The van der Waals surface area contributed by atoms with Gasteiger partial charge >= 0.3 is 12.1 Å². The zero-order valence-corrected chi connectivity index (χ0v) is 19.9. The second-order valence-electron chi connectivity index (χ2n) is 9.57. The zero-order chi connectivity index (χ0) is 26.0. The molecule has 3 aromatic rings. The summed E-state index contributed by atoms with van der Waals surface area (Å²) >= 11 is 0. The van der Waals surface area contributed by atoms with E-state index in [2.05, 4.69) is 20.4 Å². The Balaban J connectivity index is 0.000000355. The molecule has 0 amide bonds. The first-order valence-corrected chi connectivity index (χ1v) is 12.0. The van der Waals surface area contributed by atoms with Crippen LogP contribution >= 0.6 is 0 Å². The van der Waals surface area contributed by atoms with Crippen molar-refractivity contribution in [3.8, 4) is 11.3 Å². The fourth-order valence-corrected chi connectivity index (χ4v) is 4.63. The summed E-state index contributed by atoms with van der Waals surface area (Å²) in [5, 5.41) is 14.9. The van der Waals surface area contributed by atoms with E-state index in [1.807, 2.05) is 42.6 Å². The molecule has 12 heteroatoms. The maximum Gasteiger partial charge on any atom is 0.490 e. The quantitative estimate of drug-likeness (QED) is 0.518. The lowest BCUT2D eigenvalue weighted by molar-refractivity contribution is -0.192. The number of nitrogens with one attached hydrogen (secondary N) is 1. The van der Waals surface area contributed by atoms with Crippen molar-refractivity contribution in [2.24, 2.45) is 0 Å². The molecule has 1 unspecified atom stereocenters. The van der Waals surface area contributed by atoms with Crippen LogP contribution in [-0.2, 0) is 28.1 Å². The standard InChI is InChI=1S/C23H25N5O2.C2HF3O2/c1-2-4-16(5-3-1)20-10-19(27-30-20)12-28-9-8-23(14-28)15-29-13-17-11-24-22(26-21(17)23)25-18-6-7-18;3-2(4,5)1(6)7/h1-5,10-11,18H,6-9,12-15H2,(H,24,25,26);(H,6,7). The number of carboxylic acid groups (broad SMARTS) is 1. The normalized spacial score (nSPS) is 21.3. The summed E-state index contributed by atoms with van der Waals surface area (Å²) < 4.78 is 43.3. The van der Waals surface area contributed by atoms with Crippen LogP contribution in [0.1, 0.15) is 36.2 Å². The largest absolute Gasteiger partial charge is 0.490 e. The Hall–Kier alpha value is -3.51. The highest BCUT2D eigenvalue weighted by atomic mass is 19.4. The molecule has 9 nitrogen and oxygen atoms in total. The van der Waals surface area contributed by atoms with Crippen molar-refractivity contribution in [3.63, 3.8) is 0 Å². The Morgan fingerprint density at radius 2 is 2.00 bits per heavy atom. The molecular formula is C25H26F3N5O4. The number of aliphatic carboxylic acids is 1. The second kappa shape index (κ2) is 10.1. The van der Waals surface area contributed by atoms with Crippen LogP contribution in [0, 0.1) is 0 Å². The number of carboxylic acids is 1. The van der Waals surface area contributed by atoms with Crippen LogP contribution in [0.4, 0.5) is 19.1 Å². The minimum atomic E-state index is -5.08. The Morgan fingerprint density at radius 3 is 2.70 bits per heavy atom. The number of rotatable bonds is 5. The Morgan fingerprint density at radius 1 is 1.24 bits per heavy atom. The van der Waals surface area contributed by atoms with Gasteiger partial charge in [-0.15, -0.1) is 0 Å². The fraction of sp³-hybridized carbons (Fsp3) is 0.440. The number of nitrogens with zero attached hydrogens (tertiary/aromatic N) is 4. The molecule has 2 aliphatic heterocycles. The summed E-state index contributed by atoms with van der Waals surface area (Å²) in [7, 11) is 0. The number of benzene rings is 1. The summed E-state index contributed by atoms with van der Waals surface area (Å²) in [6.07, 6.45) is 0.319. The summed E-state index contributed by atoms with van der Waals surface area (Å²) in [5.74, 6) is -1.18. The predicted molar refractivity (Wildman–Crippen MR) is 126 cm³/mol. The molecule has 1 saturated carbocycles. The summed E-state index contributed by atoms with van der Waals surface area (Å²) in [6.45, 7) is 3.99. The molecule has 2 aromatic heterocycles. The maximum absolute atomic E-state index is 10.6. The van der Waals surface area contributed by atoms with Gasteiger partial charge in [-0.25, -0.2) is 14.8 Å². The van der Waals surface area contributed by atoms with Gasteiger partial charge in [-0.3, -0.25) is 4.90 Å². The Bertz CT molecular complexity index is 1250. The van der Waals surface area contributed by atoms with Crippen molar-refractivity contribution in [2.75, 3.05) is 25.0 Å². The SMILES string of the molecule is O=C(O)C(F)(F)F.c1ccc(-c2cc(CN3CCC4(COCc5cnc(NC6CC6)nc54)C3)no2)cc1. The molecule has 2 fully saturated rings. The highest BCUT2D eigenvalue weighted by Gasteiger charge is 2.45. The molecule has 1 atom stereocenters. The minimum Gasteiger partial charge on any atom is -0.475 e. The number of fused-ring (bicyclic) bond motifs is 2. The lowest BCUT2D eigenvalue weighted by Gasteiger charge is -2.34. The third-order valence-corrected chi connectivity index (χ3v) is 6.59. The predicted octanol–water partition coefficient (Wildman–Crippen LogP) is 4.01. The highest BCUT2D eigenvalue weighted by molar-refractivity contribution is 5.73. The minimum absolute atomic E-state index is 0.0670. The first kappa shape index (κ1) is 25.2. The van der Waals surface area contributed by atoms with E-state index in [4.69, 9.17) is 24.1 Å². The van der Waals surface area contributed by atoms with Crippen LogP contribution in [0.3, 0.4) is 0 Å². The molecule has 2 N–H and O–H groups in total. The topological polar surface area (TPSA) is 114 Å². The van der Waals surface area contributed by atoms with E-state index in [1.54, 1.807) is 0 Å². The molecule has 196 valence electrons. The van der Waals surface area contributed by atoms with Crippen LogP contribution < -0.4 is 5.32 Å². The lowest BCUT2D eigenvalue weighted by atomic mass is 9.80. The highest BCUT2D eigenvalue weighted by Crippen LogP contribution is 2.40. The molecular weight excluding hydrogens is 491 g/mol. The van der Waals surface area contributed by atoms with Gasteiger partial charge in [0.25, 0.3) is 0 Å². The van der Waals surface area contributed by atoms with Crippen molar-refractivity contribution in [1.29, 1.82) is 0 Å². The van der Waals surface area contributed by atoms with Crippen molar-refractivity contribution >= 4 is 11.9 Å². The zero-order valence-electron chi connectivity index (χ0n) is 19.9. The number of likely N-dealkylation sites (tertiary alicyclic amines) is 1. The number of hydrogen-bond acceptors (Lipinski definition) is 8. The number of aromatic nitrogens is 3. The van der Waals surface area contributed by atoms with Crippen molar-refractivity contribution in [2.45, 2.75) is 50.0 Å². The molecule has 1 aliphatic carbocycles. The molecule has 1 aromatic carbocycles. The van der Waals surface area contributed by atoms with Gasteiger partial charge in [0.05, 0.1) is 30.0 Å². The van der Waals surface area contributed by atoms with E-state index < -0.39 is 12.1 Å². The molecule has 4 heterocycles. The van der Waals surface area contributed by atoms with E-state index in [0.29, 0.717) is 19.3 Å². The number of ether oxygens (including phenoxy) is 1. The van der Waals surface area contributed by atoms with Gasteiger partial charge < -0.3 is 19.7 Å². The summed E-state index contributed by atoms with van der Waals surface area (Å²) in [5.41, 5.74) is 4.23. The van der Waals surface area contributed by atoms with Gasteiger partial charge in [0, 0.05) is 42.5 Å². The van der Waals surface area contributed by atoms with Crippen molar-refractivity contribution < 1.29 is 32.3 Å². The average Bonchev–Trinajstić information content (AvgIpc) is 3.41. The van der Waals surface area contributed by atoms with Crippen LogP contribution in [0.2, 0.25) is 0 Å². The third-order valence-electron chi connectivity index (χ3n) is 6.59. The molecule has 0 radical (unpaired) electrons. The van der Waals surface area contributed by atoms with E-state index in [-0.39, 0.29) is 5.41 Å². The summed E-state index contributed by atoms with van der Waals surface area (Å²) in [6, 6.07) is 12.7. The van der Waals surface area contributed by atoms with Crippen LogP contribution in [0.25, 0.3) is 11.3 Å².